The van der Waals surface area contributed by atoms with E-state index in [-0.39, 0.29) is 30.9 Å². The highest BCUT2D eigenvalue weighted by atomic mass is 17.5. The molecule has 0 aromatic heterocycles. The predicted molar refractivity (Wildman–Crippen MR) is 92.3 cm³/mol. The summed E-state index contributed by atoms with van der Waals surface area (Å²) < 4.78 is 6.13. The molecule has 10 nitrogen and oxygen atoms in total. The third-order valence-electron chi connectivity index (χ3n) is 5.85. The maximum Gasteiger partial charge on any atom is 0.283 e. The standard InChI is InChI=1S/C18H29NO9/c1-11-6-12(8-17(22)9-19-16(21)18(17,23)24)7-14(15(11)27-28-25-10-20)26-13-4-2-3-5-13/h11-13,20,22-24H,2-10H2,1H3,(H,19,21). The minimum Gasteiger partial charge on any atom is -0.491 e. The Morgan fingerprint density at radius 3 is 2.54 bits per heavy atom. The Hall–Kier alpha value is -1.43. The second-order valence-corrected chi connectivity index (χ2v) is 8.01. The normalized spacial score (nSPS) is 33.2. The van der Waals surface area contributed by atoms with Gasteiger partial charge in [-0.15, -0.1) is 0 Å². The van der Waals surface area contributed by atoms with E-state index in [4.69, 9.17) is 14.7 Å². The van der Waals surface area contributed by atoms with Gasteiger partial charge in [-0.3, -0.25) is 4.79 Å². The average Bonchev–Trinajstić information content (AvgIpc) is 3.20. The number of carbonyl (C=O) groups excluding carboxylic acids is 1. The average molecular weight is 403 g/mol. The van der Waals surface area contributed by atoms with Gasteiger partial charge in [0, 0.05) is 12.3 Å². The van der Waals surface area contributed by atoms with Gasteiger partial charge in [0.2, 0.25) is 0 Å². The van der Waals surface area contributed by atoms with Crippen LogP contribution in [0, 0.1) is 11.8 Å². The Balaban J connectivity index is 1.74. The number of aliphatic hydroxyl groups is 4. The molecule has 1 aliphatic heterocycles. The van der Waals surface area contributed by atoms with Crippen molar-refractivity contribution in [1.82, 2.24) is 5.32 Å². The molecule has 5 N–H and O–H groups in total. The molecule has 1 heterocycles. The molecule has 160 valence electrons. The summed E-state index contributed by atoms with van der Waals surface area (Å²) in [6, 6.07) is 0. The molecule has 0 aromatic rings. The lowest BCUT2D eigenvalue weighted by Gasteiger charge is -2.37. The first-order chi connectivity index (χ1) is 13.3. The zero-order chi connectivity index (χ0) is 20.4. The summed E-state index contributed by atoms with van der Waals surface area (Å²) in [7, 11) is 0. The van der Waals surface area contributed by atoms with Crippen LogP contribution in [0.4, 0.5) is 0 Å². The molecular formula is C18H29NO9. The number of allylic oxidation sites excluding steroid dienone is 2. The summed E-state index contributed by atoms with van der Waals surface area (Å²) in [5.41, 5.74) is -1.98. The lowest BCUT2D eigenvalue weighted by molar-refractivity contribution is -0.513. The molecule has 2 fully saturated rings. The molecule has 0 spiro atoms. The Bertz CT molecular complexity index is 602. The number of hydrogen-bond donors (Lipinski definition) is 5. The number of carbonyl (C=O) groups is 1. The van der Waals surface area contributed by atoms with E-state index in [1.165, 1.54) is 0 Å². The van der Waals surface area contributed by atoms with Crippen LogP contribution in [0.1, 0.15) is 51.9 Å². The molecule has 3 rings (SSSR count). The highest BCUT2D eigenvalue weighted by Crippen LogP contribution is 2.42. The van der Waals surface area contributed by atoms with Crippen LogP contribution in [0.25, 0.3) is 0 Å². The molecular weight excluding hydrogens is 374 g/mol. The summed E-state index contributed by atoms with van der Waals surface area (Å²) in [4.78, 5) is 21.2. The van der Waals surface area contributed by atoms with Crippen LogP contribution in [-0.4, -0.2) is 57.2 Å². The fourth-order valence-corrected chi connectivity index (χ4v) is 4.38. The third kappa shape index (κ3) is 4.27. The van der Waals surface area contributed by atoms with E-state index in [0.29, 0.717) is 24.4 Å². The Kier molecular flexibility index (Phi) is 6.47. The first kappa shape index (κ1) is 21.3. The van der Waals surface area contributed by atoms with Crippen molar-refractivity contribution < 1.29 is 44.8 Å². The van der Waals surface area contributed by atoms with E-state index in [0.717, 1.165) is 25.7 Å². The van der Waals surface area contributed by atoms with Crippen LogP contribution in [0.3, 0.4) is 0 Å². The first-order valence-electron chi connectivity index (χ1n) is 9.69. The van der Waals surface area contributed by atoms with Crippen molar-refractivity contribution in [3.63, 3.8) is 0 Å². The van der Waals surface area contributed by atoms with Crippen LogP contribution in [-0.2, 0) is 24.3 Å². The summed E-state index contributed by atoms with van der Waals surface area (Å²) >= 11 is 0. The van der Waals surface area contributed by atoms with Crippen LogP contribution < -0.4 is 5.32 Å². The Morgan fingerprint density at radius 1 is 1.21 bits per heavy atom. The first-order valence-corrected chi connectivity index (χ1v) is 9.69. The van der Waals surface area contributed by atoms with Gasteiger partial charge in [0.05, 0.1) is 12.6 Å². The fraction of sp³-hybridized carbons (Fsp3) is 0.833. The third-order valence-corrected chi connectivity index (χ3v) is 5.85. The van der Waals surface area contributed by atoms with Crippen LogP contribution in [0.2, 0.25) is 0 Å². The van der Waals surface area contributed by atoms with E-state index < -0.39 is 24.1 Å². The summed E-state index contributed by atoms with van der Waals surface area (Å²) in [5, 5.41) is 46.3. The monoisotopic (exact) mass is 403 g/mol. The number of amides is 1. The van der Waals surface area contributed by atoms with Crippen LogP contribution >= 0.6 is 0 Å². The highest BCUT2D eigenvalue weighted by Gasteiger charge is 2.60. The van der Waals surface area contributed by atoms with Crippen molar-refractivity contribution in [3.8, 4) is 0 Å². The van der Waals surface area contributed by atoms with Crippen LogP contribution in [0.15, 0.2) is 11.5 Å². The van der Waals surface area contributed by atoms with Gasteiger partial charge in [-0.2, -0.15) is 4.89 Å². The predicted octanol–water partition coefficient (Wildman–Crippen LogP) is -0.0352. The molecule has 2 aliphatic carbocycles. The SMILES string of the molecule is CC1CC(CC2(O)CNC(=O)C2(O)O)CC(OC2CCCC2)=C1OOOCO. The van der Waals surface area contributed by atoms with Gasteiger partial charge >= 0.3 is 0 Å². The second-order valence-electron chi connectivity index (χ2n) is 8.01. The summed E-state index contributed by atoms with van der Waals surface area (Å²) in [5.74, 6) is -3.17. The molecule has 0 bridgehead atoms. The summed E-state index contributed by atoms with van der Waals surface area (Å²) in [6.07, 6.45) is 5.02. The molecule has 3 aliphatic rings. The number of hydrogen-bond acceptors (Lipinski definition) is 9. The lowest BCUT2D eigenvalue weighted by Crippen LogP contribution is -2.56. The molecule has 1 saturated heterocycles. The Labute approximate surface area is 162 Å². The van der Waals surface area contributed by atoms with Gasteiger partial charge in [0.25, 0.3) is 11.7 Å². The van der Waals surface area contributed by atoms with Gasteiger partial charge in [0.1, 0.15) is 11.4 Å². The van der Waals surface area contributed by atoms with Crippen molar-refractivity contribution in [2.45, 2.75) is 69.4 Å². The smallest absolute Gasteiger partial charge is 0.283 e. The maximum absolute atomic E-state index is 11.6. The molecule has 0 aromatic carbocycles. The number of ether oxygens (including phenoxy) is 1. The van der Waals surface area contributed by atoms with Gasteiger partial charge in [-0.25, -0.2) is 0 Å². The Morgan fingerprint density at radius 2 is 1.93 bits per heavy atom. The van der Waals surface area contributed by atoms with E-state index in [1.54, 1.807) is 0 Å². The van der Waals surface area contributed by atoms with Gasteiger partial charge < -0.3 is 35.4 Å². The number of β-amino-alcohol motifs (C(OH)–C–C–N with tert-alkyl or cyclic N) is 1. The van der Waals surface area contributed by atoms with E-state index >= 15 is 0 Å². The second kappa shape index (κ2) is 8.52. The molecule has 3 atom stereocenters. The molecule has 1 saturated carbocycles. The van der Waals surface area contributed by atoms with E-state index in [1.807, 2.05) is 6.92 Å². The van der Waals surface area contributed by atoms with Crippen molar-refractivity contribution in [2.75, 3.05) is 13.3 Å². The number of aliphatic hydroxyl groups excluding tert-OH is 1. The highest BCUT2D eigenvalue weighted by molar-refractivity contribution is 5.87. The van der Waals surface area contributed by atoms with Crippen molar-refractivity contribution in [2.24, 2.45) is 11.8 Å². The van der Waals surface area contributed by atoms with Crippen molar-refractivity contribution in [1.29, 1.82) is 0 Å². The van der Waals surface area contributed by atoms with Gasteiger partial charge in [0.15, 0.2) is 12.6 Å². The minimum atomic E-state index is -2.83. The molecule has 1 amide bonds. The zero-order valence-corrected chi connectivity index (χ0v) is 15.9. The quantitative estimate of drug-likeness (QED) is 0.163. The van der Waals surface area contributed by atoms with Gasteiger partial charge in [-0.05, 0) is 49.5 Å². The molecule has 3 unspecified atom stereocenters. The molecule has 28 heavy (non-hydrogen) atoms. The van der Waals surface area contributed by atoms with Crippen LogP contribution in [0.5, 0.6) is 0 Å². The largest absolute Gasteiger partial charge is 0.491 e. The maximum atomic E-state index is 11.6. The number of nitrogens with one attached hydrogen (secondary N) is 1. The number of rotatable bonds is 8. The van der Waals surface area contributed by atoms with E-state index in [2.05, 4.69) is 15.2 Å². The zero-order valence-electron chi connectivity index (χ0n) is 15.9. The van der Waals surface area contributed by atoms with Crippen molar-refractivity contribution in [3.05, 3.63) is 11.5 Å². The fourth-order valence-electron chi connectivity index (χ4n) is 4.38. The minimum absolute atomic E-state index is 0.00187. The summed E-state index contributed by atoms with van der Waals surface area (Å²) in [6.45, 7) is 0.990. The van der Waals surface area contributed by atoms with Crippen molar-refractivity contribution >= 4 is 5.91 Å². The molecule has 0 radical (unpaired) electrons. The topological polar surface area (TPSA) is 147 Å². The lowest BCUT2D eigenvalue weighted by atomic mass is 9.76. The molecule has 10 heteroatoms. The van der Waals surface area contributed by atoms with Gasteiger partial charge in [-0.1, -0.05) is 6.92 Å². The van der Waals surface area contributed by atoms with E-state index in [9.17, 15) is 20.1 Å².